The Balaban J connectivity index is 0.000000644. The summed E-state index contributed by atoms with van der Waals surface area (Å²) in [6, 6.07) is 10.9. The Bertz CT molecular complexity index is 540. The van der Waals surface area contributed by atoms with Crippen LogP contribution in [0.5, 0.6) is 0 Å². The summed E-state index contributed by atoms with van der Waals surface area (Å²) in [5.74, 6) is 0.803. The van der Waals surface area contributed by atoms with E-state index in [1.54, 1.807) is 0 Å². The zero-order valence-corrected chi connectivity index (χ0v) is 25.2. The van der Waals surface area contributed by atoms with Gasteiger partial charge in [0.1, 0.15) is 0 Å². The molecule has 0 amide bonds. The number of rotatable bonds is 19. The molecule has 0 aromatic heterocycles. The van der Waals surface area contributed by atoms with Crippen LogP contribution in [0.2, 0.25) is 6.04 Å². The molecule has 34 heavy (non-hydrogen) atoms. The Kier molecular flexibility index (Phi) is 20.2. The summed E-state index contributed by atoms with van der Waals surface area (Å²) >= 11 is 0. The molecule has 1 rings (SSSR count). The third kappa shape index (κ3) is 13.5. The summed E-state index contributed by atoms with van der Waals surface area (Å²) in [4.78, 5) is 0. The van der Waals surface area contributed by atoms with Gasteiger partial charge in [0, 0.05) is 50.9 Å². The van der Waals surface area contributed by atoms with Crippen LogP contribution in [0, 0.1) is 5.92 Å². The van der Waals surface area contributed by atoms with Crippen LogP contribution in [0.3, 0.4) is 0 Å². The molecule has 0 aliphatic heterocycles. The molecule has 0 saturated heterocycles. The van der Waals surface area contributed by atoms with E-state index in [2.05, 4.69) is 13.8 Å². The summed E-state index contributed by atoms with van der Waals surface area (Å²) in [5.41, 5.74) is 0. The fourth-order valence-corrected chi connectivity index (χ4v) is 8.84. The normalized spacial score (nSPS) is 12.0. The smallest absolute Gasteiger partial charge is 0.374 e. The third-order valence-electron chi connectivity index (χ3n) is 4.99. The molecule has 0 aliphatic carbocycles. The van der Waals surface area contributed by atoms with E-state index in [1.807, 2.05) is 71.9 Å². The van der Waals surface area contributed by atoms with E-state index in [1.165, 1.54) is 19.3 Å². The SMILES string of the molecule is CCO[Si](CCCCCC(C)C)(OCC)OCC.CCO[Si](OCC)(OCC)c1ccccc1. The van der Waals surface area contributed by atoms with Gasteiger partial charge in [-0.05, 0) is 53.9 Å². The van der Waals surface area contributed by atoms with Gasteiger partial charge in [0.25, 0.3) is 0 Å². The molecule has 8 heteroatoms. The van der Waals surface area contributed by atoms with Crippen molar-refractivity contribution in [1.29, 1.82) is 0 Å². The van der Waals surface area contributed by atoms with Crippen molar-refractivity contribution >= 4 is 22.8 Å². The summed E-state index contributed by atoms with van der Waals surface area (Å²) in [6.07, 6.45) is 5.01. The van der Waals surface area contributed by atoms with Crippen molar-refractivity contribution in [2.75, 3.05) is 39.6 Å². The highest BCUT2D eigenvalue weighted by Crippen LogP contribution is 2.21. The van der Waals surface area contributed by atoms with Gasteiger partial charge in [-0.15, -0.1) is 0 Å². The predicted molar refractivity (Wildman–Crippen MR) is 145 cm³/mol. The molecule has 0 N–H and O–H groups in total. The van der Waals surface area contributed by atoms with Gasteiger partial charge in [-0.3, -0.25) is 0 Å². The largest absolute Gasteiger partial charge is 0.537 e. The number of hydrogen-bond acceptors (Lipinski definition) is 6. The van der Waals surface area contributed by atoms with Crippen molar-refractivity contribution in [3.8, 4) is 0 Å². The van der Waals surface area contributed by atoms with Crippen LogP contribution in [0.25, 0.3) is 0 Å². The van der Waals surface area contributed by atoms with Gasteiger partial charge in [0.05, 0.1) is 0 Å². The average Bonchev–Trinajstić information content (AvgIpc) is 2.81. The average molecular weight is 517 g/mol. The van der Waals surface area contributed by atoms with Gasteiger partial charge in [-0.25, -0.2) is 0 Å². The number of benzene rings is 1. The molecule has 0 atom stereocenters. The molecule has 200 valence electrons. The van der Waals surface area contributed by atoms with Crippen LogP contribution in [0.15, 0.2) is 30.3 Å². The standard InChI is InChI=1S/C14H32O3Si.C12H20O3Si/c1-6-15-18(16-7-2,17-8-3)13-11-9-10-12-14(4)5;1-4-13-16(14-5-2,15-6-3)12-10-8-7-9-11-12/h14H,6-13H2,1-5H3;7-11H,4-6H2,1-3H3. The highest BCUT2D eigenvalue weighted by molar-refractivity contribution is 6.75. The van der Waals surface area contributed by atoms with Gasteiger partial charge >= 0.3 is 17.6 Å². The van der Waals surface area contributed by atoms with Crippen LogP contribution >= 0.6 is 0 Å². The van der Waals surface area contributed by atoms with Crippen molar-refractivity contribution < 1.29 is 26.6 Å². The second kappa shape index (κ2) is 20.6. The van der Waals surface area contributed by atoms with E-state index in [9.17, 15) is 0 Å². The third-order valence-corrected chi connectivity index (χ3v) is 11.2. The number of unbranched alkanes of at least 4 members (excludes halogenated alkanes) is 2. The molecule has 0 aliphatic rings. The monoisotopic (exact) mass is 516 g/mol. The fourth-order valence-electron chi connectivity index (χ4n) is 3.66. The van der Waals surface area contributed by atoms with Gasteiger partial charge in [0.2, 0.25) is 0 Å². The minimum atomic E-state index is -2.67. The molecule has 0 unspecified atom stereocenters. The molecule has 0 radical (unpaired) electrons. The summed E-state index contributed by atoms with van der Waals surface area (Å²) < 4.78 is 34.9. The predicted octanol–water partition coefficient (Wildman–Crippen LogP) is 6.19. The lowest BCUT2D eigenvalue weighted by Gasteiger charge is -2.28. The first kappa shape index (κ1) is 33.4. The summed E-state index contributed by atoms with van der Waals surface area (Å²) in [5, 5.41) is 1.03. The van der Waals surface area contributed by atoms with Crippen LogP contribution in [-0.2, 0) is 26.6 Å². The van der Waals surface area contributed by atoms with Gasteiger partial charge in [-0.2, -0.15) is 0 Å². The summed E-state index contributed by atoms with van der Waals surface area (Å²) in [7, 11) is -5.04. The molecular weight excluding hydrogens is 464 g/mol. The Morgan fingerprint density at radius 3 is 1.41 bits per heavy atom. The Labute approximate surface area is 212 Å². The zero-order chi connectivity index (χ0) is 25.7. The molecule has 0 bridgehead atoms. The first-order valence-corrected chi connectivity index (χ1v) is 16.9. The van der Waals surface area contributed by atoms with Crippen LogP contribution in [-0.4, -0.2) is 57.3 Å². The van der Waals surface area contributed by atoms with Crippen molar-refractivity contribution in [1.82, 2.24) is 0 Å². The molecule has 0 fully saturated rings. The van der Waals surface area contributed by atoms with E-state index >= 15 is 0 Å². The highest BCUT2D eigenvalue weighted by atomic mass is 28.4. The second-order valence-electron chi connectivity index (χ2n) is 8.20. The van der Waals surface area contributed by atoms with E-state index in [4.69, 9.17) is 26.6 Å². The zero-order valence-electron chi connectivity index (χ0n) is 23.2. The second-order valence-corrected chi connectivity index (χ2v) is 13.5. The van der Waals surface area contributed by atoms with Crippen molar-refractivity contribution in [2.24, 2.45) is 5.92 Å². The molecule has 0 saturated carbocycles. The maximum atomic E-state index is 5.83. The quantitative estimate of drug-likeness (QED) is 0.161. The minimum absolute atomic E-state index is 0.598. The molecule has 0 heterocycles. The molecular formula is C26H52O6Si2. The van der Waals surface area contributed by atoms with E-state index in [0.717, 1.165) is 23.6 Å². The van der Waals surface area contributed by atoms with Crippen molar-refractivity contribution in [3.05, 3.63) is 30.3 Å². The van der Waals surface area contributed by atoms with Gasteiger partial charge < -0.3 is 26.6 Å². The highest BCUT2D eigenvalue weighted by Gasteiger charge is 2.43. The van der Waals surface area contributed by atoms with Gasteiger partial charge in [0.15, 0.2) is 0 Å². The molecule has 6 nitrogen and oxygen atoms in total. The maximum Gasteiger partial charge on any atom is 0.537 e. The van der Waals surface area contributed by atoms with Gasteiger partial charge in [-0.1, -0.05) is 63.4 Å². The topological polar surface area (TPSA) is 55.4 Å². The van der Waals surface area contributed by atoms with E-state index in [-0.39, 0.29) is 0 Å². The maximum absolute atomic E-state index is 5.83. The van der Waals surface area contributed by atoms with Crippen LogP contribution in [0.1, 0.15) is 81.1 Å². The Morgan fingerprint density at radius 2 is 1.03 bits per heavy atom. The molecule has 0 spiro atoms. The number of hydrogen-bond donors (Lipinski definition) is 0. The Morgan fingerprint density at radius 1 is 0.588 bits per heavy atom. The molecule has 1 aromatic carbocycles. The lowest BCUT2D eigenvalue weighted by atomic mass is 10.1. The minimum Gasteiger partial charge on any atom is -0.374 e. The van der Waals surface area contributed by atoms with E-state index in [0.29, 0.717) is 39.6 Å². The Hall–Kier alpha value is -0.586. The van der Waals surface area contributed by atoms with Crippen LogP contribution < -0.4 is 5.19 Å². The van der Waals surface area contributed by atoms with Crippen molar-refractivity contribution in [3.63, 3.8) is 0 Å². The molecule has 1 aromatic rings. The lowest BCUT2D eigenvalue weighted by molar-refractivity contribution is 0.0706. The van der Waals surface area contributed by atoms with Crippen LogP contribution in [0.4, 0.5) is 0 Å². The first-order valence-electron chi connectivity index (χ1n) is 13.3. The first-order chi connectivity index (χ1) is 16.4. The lowest BCUT2D eigenvalue weighted by Crippen LogP contribution is -2.56. The van der Waals surface area contributed by atoms with E-state index < -0.39 is 17.6 Å². The summed E-state index contributed by atoms with van der Waals surface area (Å²) in [6.45, 7) is 20.3. The fraction of sp³-hybridized carbons (Fsp3) is 0.769. The van der Waals surface area contributed by atoms with Crippen molar-refractivity contribution in [2.45, 2.75) is 87.1 Å².